The van der Waals surface area contributed by atoms with E-state index in [0.717, 1.165) is 35.6 Å². The van der Waals surface area contributed by atoms with Crippen molar-refractivity contribution in [2.75, 3.05) is 25.5 Å². The fraction of sp³-hybridized carbons (Fsp3) is 0.478. The Morgan fingerprint density at radius 3 is 2.31 bits per heavy atom. The number of hydrogen-bond acceptors (Lipinski definition) is 4. The molecule has 0 saturated carbocycles. The van der Waals surface area contributed by atoms with Gasteiger partial charge in [-0.05, 0) is 63.0 Å². The van der Waals surface area contributed by atoms with Crippen LogP contribution in [-0.4, -0.2) is 35.6 Å². The van der Waals surface area contributed by atoms with Gasteiger partial charge in [0.1, 0.15) is 6.54 Å². The highest BCUT2D eigenvalue weighted by Crippen LogP contribution is 2.16. The third-order valence-corrected chi connectivity index (χ3v) is 5.31. The van der Waals surface area contributed by atoms with E-state index in [1.165, 1.54) is 32.8 Å². The number of aromatic nitrogens is 1. The van der Waals surface area contributed by atoms with Gasteiger partial charge in [-0.15, -0.1) is 0 Å². The normalized spacial score (nSPS) is 15.0. The highest BCUT2D eigenvalue weighted by molar-refractivity contribution is 5.90. The molecule has 29 heavy (non-hydrogen) atoms. The lowest BCUT2D eigenvalue weighted by atomic mass is 10.1. The van der Waals surface area contributed by atoms with Crippen LogP contribution in [0, 0.1) is 13.8 Å². The molecular weight excluding hydrogens is 366 g/mol. The summed E-state index contributed by atoms with van der Waals surface area (Å²) < 4.78 is 7.04. The number of anilines is 1. The molecule has 1 N–H and O–H groups in total. The minimum atomic E-state index is -0.150. The van der Waals surface area contributed by atoms with Crippen LogP contribution in [0.5, 0.6) is 5.75 Å². The number of carbonyl (C=O) groups is 1. The largest absolute Gasteiger partial charge is 0.491 e. The van der Waals surface area contributed by atoms with Gasteiger partial charge in [0.25, 0.3) is 0 Å². The summed E-state index contributed by atoms with van der Waals surface area (Å²) in [6, 6.07) is 7.58. The van der Waals surface area contributed by atoms with Crippen LogP contribution in [0.15, 0.2) is 35.3 Å². The van der Waals surface area contributed by atoms with Gasteiger partial charge in [-0.1, -0.05) is 18.9 Å². The van der Waals surface area contributed by atoms with Crippen molar-refractivity contribution in [3.05, 3.63) is 57.5 Å². The number of rotatable bonds is 6. The van der Waals surface area contributed by atoms with E-state index in [4.69, 9.17) is 4.74 Å². The lowest BCUT2D eigenvalue weighted by Gasteiger charge is -2.23. The van der Waals surface area contributed by atoms with Crippen LogP contribution < -0.4 is 15.5 Å². The number of benzene rings is 1. The fourth-order valence-corrected chi connectivity index (χ4v) is 3.96. The van der Waals surface area contributed by atoms with Gasteiger partial charge in [0, 0.05) is 24.0 Å². The Morgan fingerprint density at radius 2 is 1.69 bits per heavy atom. The molecule has 0 atom stereocenters. The van der Waals surface area contributed by atoms with Crippen molar-refractivity contribution in [1.29, 1.82) is 0 Å². The van der Waals surface area contributed by atoms with Crippen LogP contribution in [0.3, 0.4) is 0 Å². The summed E-state index contributed by atoms with van der Waals surface area (Å²) in [6.07, 6.45) is 6.51. The quantitative estimate of drug-likeness (QED) is 0.810. The zero-order valence-electron chi connectivity index (χ0n) is 17.7. The second-order valence-corrected chi connectivity index (χ2v) is 7.94. The van der Waals surface area contributed by atoms with Crippen LogP contribution in [0.1, 0.15) is 42.5 Å². The van der Waals surface area contributed by atoms with Crippen molar-refractivity contribution < 1.29 is 9.53 Å². The molecule has 1 amide bonds. The number of aryl methyl sites for hydroxylation is 2. The summed E-state index contributed by atoms with van der Waals surface area (Å²) in [6.45, 7) is 6.86. The highest BCUT2D eigenvalue weighted by atomic mass is 16.5. The van der Waals surface area contributed by atoms with Gasteiger partial charge in [-0.3, -0.25) is 14.5 Å². The average molecular weight is 398 g/mol. The van der Waals surface area contributed by atoms with Crippen molar-refractivity contribution in [2.24, 2.45) is 0 Å². The Hall–Kier alpha value is -2.60. The lowest BCUT2D eigenvalue weighted by molar-refractivity contribution is -0.116. The van der Waals surface area contributed by atoms with Crippen LogP contribution in [0.4, 0.5) is 5.69 Å². The molecule has 3 rings (SSSR count). The Bertz CT molecular complexity index is 892. The number of amides is 1. The first-order valence-corrected chi connectivity index (χ1v) is 10.3. The number of carbonyl (C=O) groups excluding carboxylic acids is 1. The number of hydrogen-bond donors (Lipinski definition) is 1. The van der Waals surface area contributed by atoms with E-state index in [1.807, 2.05) is 30.5 Å². The van der Waals surface area contributed by atoms with E-state index in [1.54, 1.807) is 12.3 Å². The van der Waals surface area contributed by atoms with Gasteiger partial charge < -0.3 is 14.6 Å². The van der Waals surface area contributed by atoms with Gasteiger partial charge in [0.2, 0.25) is 11.3 Å². The second kappa shape index (κ2) is 9.74. The van der Waals surface area contributed by atoms with Gasteiger partial charge >= 0.3 is 0 Å². The van der Waals surface area contributed by atoms with E-state index in [-0.39, 0.29) is 23.6 Å². The van der Waals surface area contributed by atoms with E-state index < -0.39 is 0 Å². The standard InChI is InChI=1S/C23H31N3O3/c1-17-10-18(2)12-19(11-17)24-23(28)16-26-15-22(29-3)21(27)13-20(26)14-25-8-6-4-5-7-9-25/h10-13,15H,4-9,14,16H2,1-3H3,(H,24,28). The van der Waals surface area contributed by atoms with Crippen molar-refractivity contribution in [3.63, 3.8) is 0 Å². The Balaban J connectivity index is 1.80. The Morgan fingerprint density at radius 1 is 1.03 bits per heavy atom. The van der Waals surface area contributed by atoms with Crippen molar-refractivity contribution >= 4 is 11.6 Å². The van der Waals surface area contributed by atoms with Gasteiger partial charge in [-0.2, -0.15) is 0 Å². The number of methoxy groups -OCH3 is 1. The molecule has 2 aromatic rings. The molecule has 0 radical (unpaired) electrons. The van der Waals surface area contributed by atoms with E-state index in [2.05, 4.69) is 16.3 Å². The van der Waals surface area contributed by atoms with Crippen LogP contribution in [0.2, 0.25) is 0 Å². The number of ether oxygens (including phenoxy) is 1. The molecule has 1 fully saturated rings. The minimum absolute atomic E-state index is 0.127. The van der Waals surface area contributed by atoms with Crippen molar-refractivity contribution in [3.8, 4) is 5.75 Å². The summed E-state index contributed by atoms with van der Waals surface area (Å²) >= 11 is 0. The van der Waals surface area contributed by atoms with Crippen molar-refractivity contribution in [1.82, 2.24) is 9.47 Å². The SMILES string of the molecule is COc1cn(CC(=O)Nc2cc(C)cc(C)c2)c(CN2CCCCCC2)cc1=O. The van der Waals surface area contributed by atoms with E-state index in [9.17, 15) is 9.59 Å². The van der Waals surface area contributed by atoms with Gasteiger partial charge in [0.15, 0.2) is 5.75 Å². The smallest absolute Gasteiger partial charge is 0.244 e. The Labute approximate surface area is 172 Å². The molecule has 6 nitrogen and oxygen atoms in total. The molecule has 0 unspecified atom stereocenters. The third-order valence-electron chi connectivity index (χ3n) is 5.31. The first-order valence-electron chi connectivity index (χ1n) is 10.3. The number of nitrogens with one attached hydrogen (secondary N) is 1. The van der Waals surface area contributed by atoms with Crippen LogP contribution >= 0.6 is 0 Å². The fourth-order valence-electron chi connectivity index (χ4n) is 3.96. The second-order valence-electron chi connectivity index (χ2n) is 7.94. The average Bonchev–Trinajstić information content (AvgIpc) is 2.91. The topological polar surface area (TPSA) is 63.6 Å². The molecular formula is C23H31N3O3. The maximum Gasteiger partial charge on any atom is 0.244 e. The molecule has 0 spiro atoms. The molecule has 1 saturated heterocycles. The highest BCUT2D eigenvalue weighted by Gasteiger charge is 2.15. The van der Waals surface area contributed by atoms with Crippen LogP contribution in [-0.2, 0) is 17.9 Å². The molecule has 2 heterocycles. The molecule has 0 aliphatic carbocycles. The molecule has 156 valence electrons. The van der Waals surface area contributed by atoms with Gasteiger partial charge in [-0.25, -0.2) is 0 Å². The maximum absolute atomic E-state index is 12.7. The Kier molecular flexibility index (Phi) is 7.09. The lowest BCUT2D eigenvalue weighted by Crippen LogP contribution is -2.29. The number of likely N-dealkylation sites (tertiary alicyclic amines) is 1. The summed E-state index contributed by atoms with van der Waals surface area (Å²) in [5.74, 6) is 0.127. The molecule has 1 aliphatic heterocycles. The zero-order valence-corrected chi connectivity index (χ0v) is 17.7. The number of nitrogens with zero attached hydrogens (tertiary/aromatic N) is 2. The summed E-state index contributed by atoms with van der Waals surface area (Å²) in [5.41, 5.74) is 3.69. The summed E-state index contributed by atoms with van der Waals surface area (Å²) in [4.78, 5) is 27.4. The van der Waals surface area contributed by atoms with Crippen LogP contribution in [0.25, 0.3) is 0 Å². The summed E-state index contributed by atoms with van der Waals surface area (Å²) in [5, 5.41) is 2.97. The zero-order chi connectivity index (χ0) is 20.8. The van der Waals surface area contributed by atoms with E-state index in [0.29, 0.717) is 6.54 Å². The molecule has 0 bridgehead atoms. The first kappa shape index (κ1) is 21.1. The predicted octanol–water partition coefficient (Wildman–Crippen LogP) is 3.49. The molecule has 1 aromatic heterocycles. The molecule has 1 aromatic carbocycles. The minimum Gasteiger partial charge on any atom is -0.491 e. The third kappa shape index (κ3) is 5.94. The first-order chi connectivity index (χ1) is 13.9. The van der Waals surface area contributed by atoms with E-state index >= 15 is 0 Å². The predicted molar refractivity (Wildman–Crippen MR) is 116 cm³/mol. The molecule has 1 aliphatic rings. The maximum atomic E-state index is 12.7. The molecule has 6 heteroatoms. The van der Waals surface area contributed by atoms with Gasteiger partial charge in [0.05, 0.1) is 13.3 Å². The van der Waals surface area contributed by atoms with Crippen molar-refractivity contribution in [2.45, 2.75) is 52.6 Å². The number of pyridine rings is 1. The monoisotopic (exact) mass is 397 g/mol. The summed E-state index contributed by atoms with van der Waals surface area (Å²) in [7, 11) is 1.48.